The monoisotopic (exact) mass is 318 g/mol. The van der Waals surface area contributed by atoms with Crippen LogP contribution < -0.4 is 0 Å². The minimum atomic E-state index is 0.244. The zero-order valence-electron chi connectivity index (χ0n) is 13.8. The van der Waals surface area contributed by atoms with Crippen LogP contribution in [0.1, 0.15) is 37.8 Å². The first-order chi connectivity index (χ1) is 11.8. The van der Waals surface area contributed by atoms with Crippen LogP contribution in [0.15, 0.2) is 54.7 Å². The first-order valence-corrected chi connectivity index (χ1v) is 8.86. The Labute approximate surface area is 142 Å². The molecule has 24 heavy (non-hydrogen) atoms. The summed E-state index contributed by atoms with van der Waals surface area (Å²) >= 11 is 0. The molecule has 0 spiro atoms. The van der Waals surface area contributed by atoms with Gasteiger partial charge >= 0.3 is 0 Å². The fourth-order valence-corrected chi connectivity index (χ4v) is 3.85. The standard InChI is InChI=1S/C21H22N2O/c24-20(16-8-2-1-3-9-16)15-18-14-17-10-4-5-11-19(17)23(18)21-12-6-7-13-22-21/h4-7,10-14,16H,1-3,8-9,15H2. The van der Waals surface area contributed by atoms with E-state index in [0.29, 0.717) is 12.2 Å². The fourth-order valence-electron chi connectivity index (χ4n) is 3.85. The first-order valence-electron chi connectivity index (χ1n) is 8.86. The number of fused-ring (bicyclic) bond motifs is 1. The van der Waals surface area contributed by atoms with Gasteiger partial charge in [-0.3, -0.25) is 9.36 Å². The third-order valence-corrected chi connectivity index (χ3v) is 5.08. The summed E-state index contributed by atoms with van der Waals surface area (Å²) in [4.78, 5) is 17.3. The van der Waals surface area contributed by atoms with Gasteiger partial charge in [-0.25, -0.2) is 4.98 Å². The Hall–Kier alpha value is -2.42. The smallest absolute Gasteiger partial charge is 0.141 e. The SMILES string of the molecule is O=C(Cc1cc2ccccc2n1-c1ccccn1)C1CCCCC1. The van der Waals surface area contributed by atoms with Crippen LogP contribution in [0.4, 0.5) is 0 Å². The van der Waals surface area contributed by atoms with Crippen LogP contribution in [0.2, 0.25) is 0 Å². The molecular weight excluding hydrogens is 296 g/mol. The number of carbonyl (C=O) groups excluding carboxylic acids is 1. The van der Waals surface area contributed by atoms with Crippen LogP contribution in [0.25, 0.3) is 16.7 Å². The number of ketones is 1. The number of rotatable bonds is 4. The molecule has 0 bridgehead atoms. The number of Topliss-reactive ketones (excluding diaryl/α,β-unsaturated/α-hetero) is 1. The average Bonchev–Trinajstić information content (AvgIpc) is 3.01. The van der Waals surface area contributed by atoms with Gasteiger partial charge < -0.3 is 0 Å². The molecule has 0 aliphatic heterocycles. The summed E-state index contributed by atoms with van der Waals surface area (Å²) in [6.45, 7) is 0. The second-order valence-corrected chi connectivity index (χ2v) is 6.70. The van der Waals surface area contributed by atoms with E-state index in [-0.39, 0.29) is 5.92 Å². The van der Waals surface area contributed by atoms with Gasteiger partial charge in [-0.15, -0.1) is 0 Å². The largest absolute Gasteiger partial charge is 0.299 e. The number of hydrogen-bond acceptors (Lipinski definition) is 2. The molecule has 122 valence electrons. The molecule has 0 atom stereocenters. The third kappa shape index (κ3) is 2.86. The molecule has 1 aromatic carbocycles. The van der Waals surface area contributed by atoms with Gasteiger partial charge in [0.2, 0.25) is 0 Å². The molecule has 1 aliphatic carbocycles. The zero-order valence-corrected chi connectivity index (χ0v) is 13.8. The van der Waals surface area contributed by atoms with Crippen molar-refractivity contribution in [2.24, 2.45) is 5.92 Å². The van der Waals surface area contributed by atoms with Crippen molar-refractivity contribution < 1.29 is 4.79 Å². The number of hydrogen-bond donors (Lipinski definition) is 0. The van der Waals surface area contributed by atoms with E-state index in [2.05, 4.69) is 27.8 Å². The minimum absolute atomic E-state index is 0.244. The van der Waals surface area contributed by atoms with E-state index in [1.165, 1.54) is 19.3 Å². The van der Waals surface area contributed by atoms with Crippen LogP contribution in [0, 0.1) is 5.92 Å². The number of nitrogens with zero attached hydrogens (tertiary/aromatic N) is 2. The van der Waals surface area contributed by atoms with Gasteiger partial charge in [0.15, 0.2) is 0 Å². The van der Waals surface area contributed by atoms with E-state index < -0.39 is 0 Å². The highest BCUT2D eigenvalue weighted by Crippen LogP contribution is 2.28. The molecule has 1 saturated carbocycles. The summed E-state index contributed by atoms with van der Waals surface area (Å²) in [5.74, 6) is 1.51. The molecule has 2 heterocycles. The van der Waals surface area contributed by atoms with Gasteiger partial charge in [0.05, 0.1) is 5.52 Å². The Morgan fingerprint density at radius 1 is 1.04 bits per heavy atom. The quantitative estimate of drug-likeness (QED) is 0.698. The molecule has 1 fully saturated rings. The van der Waals surface area contributed by atoms with Crippen molar-refractivity contribution in [2.75, 3.05) is 0 Å². The summed E-state index contributed by atoms with van der Waals surface area (Å²) in [7, 11) is 0. The number of carbonyl (C=O) groups is 1. The van der Waals surface area contributed by atoms with Crippen LogP contribution in [0.5, 0.6) is 0 Å². The molecule has 0 N–H and O–H groups in total. The highest BCUT2D eigenvalue weighted by molar-refractivity contribution is 5.88. The van der Waals surface area contributed by atoms with E-state index in [0.717, 1.165) is 35.3 Å². The normalized spacial score (nSPS) is 15.7. The Morgan fingerprint density at radius 2 is 1.83 bits per heavy atom. The van der Waals surface area contributed by atoms with Crippen molar-refractivity contribution in [2.45, 2.75) is 38.5 Å². The maximum absolute atomic E-state index is 12.8. The average molecular weight is 318 g/mol. The van der Waals surface area contributed by atoms with Gasteiger partial charge in [0.1, 0.15) is 11.6 Å². The van der Waals surface area contributed by atoms with Crippen molar-refractivity contribution in [1.29, 1.82) is 0 Å². The molecule has 3 aromatic rings. The summed E-state index contributed by atoms with van der Waals surface area (Å²) in [6.07, 6.45) is 8.08. The zero-order chi connectivity index (χ0) is 16.4. The van der Waals surface area contributed by atoms with Gasteiger partial charge in [-0.05, 0) is 37.1 Å². The van der Waals surface area contributed by atoms with Crippen LogP contribution in [0.3, 0.4) is 0 Å². The molecular formula is C21H22N2O. The predicted molar refractivity (Wildman–Crippen MR) is 96.4 cm³/mol. The molecule has 3 nitrogen and oxygen atoms in total. The maximum Gasteiger partial charge on any atom is 0.141 e. The maximum atomic E-state index is 12.8. The minimum Gasteiger partial charge on any atom is -0.299 e. The highest BCUT2D eigenvalue weighted by atomic mass is 16.1. The summed E-state index contributed by atoms with van der Waals surface area (Å²) < 4.78 is 2.13. The molecule has 2 aromatic heterocycles. The van der Waals surface area contributed by atoms with Crippen molar-refractivity contribution in [1.82, 2.24) is 9.55 Å². The Balaban J connectivity index is 1.73. The van der Waals surface area contributed by atoms with Crippen molar-refractivity contribution in [3.05, 3.63) is 60.4 Å². The first kappa shape index (κ1) is 15.1. The number of benzene rings is 1. The topological polar surface area (TPSA) is 34.9 Å². The lowest BCUT2D eigenvalue weighted by atomic mass is 9.85. The lowest BCUT2D eigenvalue weighted by Gasteiger charge is -2.20. The highest BCUT2D eigenvalue weighted by Gasteiger charge is 2.23. The van der Waals surface area contributed by atoms with E-state index in [4.69, 9.17) is 0 Å². The second kappa shape index (κ2) is 6.60. The van der Waals surface area contributed by atoms with E-state index in [1.54, 1.807) is 6.20 Å². The summed E-state index contributed by atoms with van der Waals surface area (Å²) in [6, 6.07) is 16.3. The molecule has 1 aliphatic rings. The molecule has 4 rings (SSSR count). The molecule has 0 unspecified atom stereocenters. The Morgan fingerprint density at radius 3 is 2.62 bits per heavy atom. The second-order valence-electron chi connectivity index (χ2n) is 6.70. The van der Waals surface area contributed by atoms with E-state index >= 15 is 0 Å². The number of aromatic nitrogens is 2. The van der Waals surface area contributed by atoms with Gasteiger partial charge in [-0.1, -0.05) is 43.5 Å². The van der Waals surface area contributed by atoms with E-state index in [1.807, 2.05) is 30.3 Å². The number of pyridine rings is 1. The molecule has 3 heteroatoms. The van der Waals surface area contributed by atoms with Crippen LogP contribution in [-0.4, -0.2) is 15.3 Å². The van der Waals surface area contributed by atoms with Gasteiger partial charge in [-0.2, -0.15) is 0 Å². The van der Waals surface area contributed by atoms with Crippen molar-refractivity contribution in [3.63, 3.8) is 0 Å². The third-order valence-electron chi connectivity index (χ3n) is 5.08. The predicted octanol–water partition coefficient (Wildman–Crippen LogP) is 4.72. The van der Waals surface area contributed by atoms with Gasteiger partial charge in [0, 0.05) is 29.6 Å². The summed E-state index contributed by atoms with van der Waals surface area (Å²) in [5.41, 5.74) is 2.16. The summed E-state index contributed by atoms with van der Waals surface area (Å²) in [5, 5.41) is 1.16. The van der Waals surface area contributed by atoms with Crippen molar-refractivity contribution >= 4 is 16.7 Å². The lowest BCUT2D eigenvalue weighted by Crippen LogP contribution is -2.20. The Bertz CT molecular complexity index is 845. The lowest BCUT2D eigenvalue weighted by molar-refractivity contribution is -0.123. The van der Waals surface area contributed by atoms with Crippen molar-refractivity contribution in [3.8, 4) is 5.82 Å². The Kier molecular flexibility index (Phi) is 4.16. The van der Waals surface area contributed by atoms with Gasteiger partial charge in [0.25, 0.3) is 0 Å². The van der Waals surface area contributed by atoms with E-state index in [9.17, 15) is 4.79 Å². The number of para-hydroxylation sites is 1. The van der Waals surface area contributed by atoms with Crippen LogP contribution in [-0.2, 0) is 11.2 Å². The fraction of sp³-hybridized carbons (Fsp3) is 0.333. The van der Waals surface area contributed by atoms with Crippen LogP contribution >= 0.6 is 0 Å². The molecule has 0 amide bonds. The molecule has 0 radical (unpaired) electrons. The molecule has 0 saturated heterocycles.